The Hall–Kier alpha value is -1.36. The van der Waals surface area contributed by atoms with Crippen LogP contribution in [0.5, 0.6) is 0 Å². The van der Waals surface area contributed by atoms with Gasteiger partial charge in [0.1, 0.15) is 0 Å². The van der Waals surface area contributed by atoms with E-state index in [0.29, 0.717) is 6.04 Å². The number of halogens is 1. The molecule has 0 saturated carbocycles. The minimum atomic E-state index is 0.0581. The van der Waals surface area contributed by atoms with Gasteiger partial charge < -0.3 is 10.2 Å². The lowest BCUT2D eigenvalue weighted by Gasteiger charge is -2.30. The van der Waals surface area contributed by atoms with Gasteiger partial charge in [-0.25, -0.2) is 0 Å². The van der Waals surface area contributed by atoms with Gasteiger partial charge in [0.15, 0.2) is 0 Å². The Bertz CT molecular complexity index is 700. The largest absolute Gasteiger partial charge is 0.347 e. The van der Waals surface area contributed by atoms with E-state index in [9.17, 15) is 4.79 Å². The molecule has 2 aliphatic rings. The van der Waals surface area contributed by atoms with Gasteiger partial charge in [0.2, 0.25) is 0 Å². The quantitative estimate of drug-likeness (QED) is 0.914. The lowest BCUT2D eigenvalue weighted by atomic mass is 9.97. The predicted octanol–water partition coefficient (Wildman–Crippen LogP) is 3.89. The SMILES string of the molecule is O=C(N[C@@H]1C[C@H]2CCN(C2)C1)c1ccc(-c2ccc(Cl)cc2)s1. The number of nitrogens with zero attached hydrogens (tertiary/aromatic N) is 1. The molecule has 1 aromatic heterocycles. The van der Waals surface area contributed by atoms with Crippen molar-refractivity contribution >= 4 is 28.8 Å². The summed E-state index contributed by atoms with van der Waals surface area (Å²) in [5.41, 5.74) is 1.10. The number of hydrogen-bond acceptors (Lipinski definition) is 3. The van der Waals surface area contributed by atoms with E-state index in [1.54, 1.807) is 0 Å². The van der Waals surface area contributed by atoms with E-state index in [1.807, 2.05) is 36.4 Å². The molecule has 1 unspecified atom stereocenters. The van der Waals surface area contributed by atoms with Crippen molar-refractivity contribution in [1.82, 2.24) is 10.2 Å². The zero-order chi connectivity index (χ0) is 15.8. The van der Waals surface area contributed by atoms with Crippen LogP contribution in [0.25, 0.3) is 10.4 Å². The molecule has 0 radical (unpaired) electrons. The second-order valence-electron chi connectivity index (χ2n) is 6.49. The van der Waals surface area contributed by atoms with Gasteiger partial charge in [0.05, 0.1) is 4.88 Å². The molecule has 23 heavy (non-hydrogen) atoms. The summed E-state index contributed by atoms with van der Waals surface area (Å²) in [6.45, 7) is 3.40. The Kier molecular flexibility index (Phi) is 4.14. The van der Waals surface area contributed by atoms with Gasteiger partial charge in [0, 0.05) is 29.0 Å². The molecule has 3 atom stereocenters. The van der Waals surface area contributed by atoms with Gasteiger partial charge in [-0.15, -0.1) is 11.3 Å². The van der Waals surface area contributed by atoms with Gasteiger partial charge in [-0.05, 0) is 55.1 Å². The first-order chi connectivity index (χ1) is 11.2. The maximum atomic E-state index is 12.5. The number of amides is 1. The first-order valence-electron chi connectivity index (χ1n) is 8.06. The van der Waals surface area contributed by atoms with E-state index in [0.717, 1.165) is 39.2 Å². The van der Waals surface area contributed by atoms with E-state index in [1.165, 1.54) is 30.8 Å². The normalized spacial score (nSPS) is 26.2. The highest BCUT2D eigenvalue weighted by Gasteiger charge is 2.33. The first-order valence-corrected chi connectivity index (χ1v) is 9.26. The van der Waals surface area contributed by atoms with Gasteiger partial charge in [-0.2, -0.15) is 0 Å². The molecule has 120 valence electrons. The fourth-order valence-electron chi connectivity index (χ4n) is 3.65. The minimum absolute atomic E-state index is 0.0581. The van der Waals surface area contributed by atoms with Crippen LogP contribution < -0.4 is 5.32 Å². The smallest absolute Gasteiger partial charge is 0.261 e. The van der Waals surface area contributed by atoms with Crippen molar-refractivity contribution in [3.8, 4) is 10.4 Å². The van der Waals surface area contributed by atoms with E-state index < -0.39 is 0 Å². The van der Waals surface area contributed by atoms with Crippen molar-refractivity contribution in [2.45, 2.75) is 18.9 Å². The highest BCUT2D eigenvalue weighted by Crippen LogP contribution is 2.30. The van der Waals surface area contributed by atoms with Crippen LogP contribution in [0, 0.1) is 5.92 Å². The third kappa shape index (κ3) is 3.30. The van der Waals surface area contributed by atoms with Crippen LogP contribution in [0.15, 0.2) is 36.4 Å². The summed E-state index contributed by atoms with van der Waals surface area (Å²) < 4.78 is 0. The molecule has 2 bridgehead atoms. The van der Waals surface area contributed by atoms with Crippen LogP contribution in [-0.2, 0) is 0 Å². The summed E-state index contributed by atoms with van der Waals surface area (Å²) in [7, 11) is 0. The summed E-state index contributed by atoms with van der Waals surface area (Å²) in [6, 6.07) is 12.0. The number of carbonyl (C=O) groups is 1. The Morgan fingerprint density at radius 3 is 2.78 bits per heavy atom. The number of fused-ring (bicyclic) bond motifs is 2. The van der Waals surface area contributed by atoms with Crippen molar-refractivity contribution in [2.75, 3.05) is 19.6 Å². The lowest BCUT2D eigenvalue weighted by Crippen LogP contribution is -2.46. The Labute approximate surface area is 145 Å². The molecule has 1 amide bonds. The number of benzene rings is 1. The van der Waals surface area contributed by atoms with Crippen molar-refractivity contribution in [3.63, 3.8) is 0 Å². The average Bonchev–Trinajstić information content (AvgIpc) is 3.15. The number of piperidine rings is 1. The molecule has 2 aromatic rings. The van der Waals surface area contributed by atoms with Crippen LogP contribution in [0.2, 0.25) is 5.02 Å². The van der Waals surface area contributed by atoms with E-state index in [-0.39, 0.29) is 5.91 Å². The lowest BCUT2D eigenvalue weighted by molar-refractivity contribution is 0.0913. The summed E-state index contributed by atoms with van der Waals surface area (Å²) >= 11 is 7.46. The van der Waals surface area contributed by atoms with E-state index in [2.05, 4.69) is 10.2 Å². The molecule has 0 aliphatic carbocycles. The summed E-state index contributed by atoms with van der Waals surface area (Å²) in [5.74, 6) is 0.824. The van der Waals surface area contributed by atoms with Crippen molar-refractivity contribution < 1.29 is 4.79 Å². The molecule has 2 fully saturated rings. The fraction of sp³-hybridized carbons (Fsp3) is 0.389. The number of carbonyl (C=O) groups excluding carboxylic acids is 1. The highest BCUT2D eigenvalue weighted by molar-refractivity contribution is 7.17. The zero-order valence-corrected chi connectivity index (χ0v) is 14.4. The summed E-state index contributed by atoms with van der Waals surface area (Å²) in [5, 5.41) is 3.95. The monoisotopic (exact) mass is 346 g/mol. The molecular formula is C18H19ClN2OS. The topological polar surface area (TPSA) is 32.3 Å². The molecule has 2 saturated heterocycles. The van der Waals surface area contributed by atoms with E-state index >= 15 is 0 Å². The Morgan fingerprint density at radius 2 is 2.00 bits per heavy atom. The zero-order valence-electron chi connectivity index (χ0n) is 12.8. The summed E-state index contributed by atoms with van der Waals surface area (Å²) in [6.07, 6.45) is 2.41. The number of rotatable bonds is 3. The van der Waals surface area contributed by atoms with Crippen LogP contribution in [0.3, 0.4) is 0 Å². The minimum Gasteiger partial charge on any atom is -0.347 e. The van der Waals surface area contributed by atoms with E-state index in [4.69, 9.17) is 11.6 Å². The maximum absolute atomic E-state index is 12.5. The van der Waals surface area contributed by atoms with Crippen LogP contribution >= 0.6 is 22.9 Å². The number of hydrogen-bond donors (Lipinski definition) is 1. The van der Waals surface area contributed by atoms with Crippen molar-refractivity contribution in [2.24, 2.45) is 5.92 Å². The molecule has 5 heteroatoms. The molecule has 2 aliphatic heterocycles. The van der Waals surface area contributed by atoms with Gasteiger partial charge in [-0.1, -0.05) is 23.7 Å². The van der Waals surface area contributed by atoms with Gasteiger partial charge >= 0.3 is 0 Å². The summed E-state index contributed by atoms with van der Waals surface area (Å²) in [4.78, 5) is 16.8. The third-order valence-corrected chi connectivity index (χ3v) is 6.15. The first kappa shape index (κ1) is 15.2. The predicted molar refractivity (Wildman–Crippen MR) is 95.2 cm³/mol. The van der Waals surface area contributed by atoms with Crippen LogP contribution in [0.4, 0.5) is 0 Å². The third-order valence-electron chi connectivity index (χ3n) is 4.76. The Balaban J connectivity index is 1.44. The number of nitrogens with one attached hydrogen (secondary N) is 1. The standard InChI is InChI=1S/C18H19ClN2OS/c19-14-3-1-13(2-4-14)16-5-6-17(23-16)18(22)20-15-9-12-7-8-21(10-12)11-15/h1-6,12,15H,7-11H2,(H,20,22)/t12-,15-/m1/s1. The second kappa shape index (κ2) is 6.27. The Morgan fingerprint density at radius 1 is 1.17 bits per heavy atom. The van der Waals surface area contributed by atoms with Crippen molar-refractivity contribution in [3.05, 3.63) is 46.3 Å². The van der Waals surface area contributed by atoms with Gasteiger partial charge in [-0.3, -0.25) is 4.79 Å². The molecule has 1 N–H and O–H groups in total. The molecule has 0 spiro atoms. The average molecular weight is 347 g/mol. The number of thiophene rings is 1. The van der Waals surface area contributed by atoms with Gasteiger partial charge in [0.25, 0.3) is 5.91 Å². The van der Waals surface area contributed by atoms with Crippen LogP contribution in [-0.4, -0.2) is 36.5 Å². The fourth-order valence-corrected chi connectivity index (χ4v) is 4.69. The second-order valence-corrected chi connectivity index (χ2v) is 8.01. The molecular weight excluding hydrogens is 328 g/mol. The molecule has 4 rings (SSSR count). The highest BCUT2D eigenvalue weighted by atomic mass is 35.5. The maximum Gasteiger partial charge on any atom is 0.261 e. The molecule has 3 heterocycles. The molecule has 1 aromatic carbocycles. The van der Waals surface area contributed by atoms with Crippen molar-refractivity contribution in [1.29, 1.82) is 0 Å². The molecule has 3 nitrogen and oxygen atoms in total. The van der Waals surface area contributed by atoms with Crippen LogP contribution in [0.1, 0.15) is 22.5 Å².